The molecule has 3 aromatic rings. The molecule has 1 aromatic heterocycles. The van der Waals surface area contributed by atoms with E-state index in [2.05, 4.69) is 25.8 Å². The molecule has 0 unspecified atom stereocenters. The van der Waals surface area contributed by atoms with E-state index in [0.29, 0.717) is 18.0 Å². The summed E-state index contributed by atoms with van der Waals surface area (Å²) in [7, 11) is -0.865. The second-order valence-electron chi connectivity index (χ2n) is 5.65. The van der Waals surface area contributed by atoms with Gasteiger partial charge in [0.25, 0.3) is 10.0 Å². The summed E-state index contributed by atoms with van der Waals surface area (Å²) in [5.74, 6) is 1.03. The van der Waals surface area contributed by atoms with Crippen molar-refractivity contribution in [2.24, 2.45) is 0 Å². The van der Waals surface area contributed by atoms with Crippen molar-refractivity contribution in [1.29, 1.82) is 0 Å². The summed E-state index contributed by atoms with van der Waals surface area (Å²) in [6.45, 7) is 0.533. The lowest BCUT2D eigenvalue weighted by molar-refractivity contribution is 0.354. The number of nitrogens with one attached hydrogen (secondary N) is 1. The van der Waals surface area contributed by atoms with Crippen LogP contribution in [0, 0.1) is 0 Å². The maximum Gasteiger partial charge on any atom is 0.263 e. The van der Waals surface area contributed by atoms with Crippen molar-refractivity contribution in [2.75, 3.05) is 18.9 Å². The number of sulfonamides is 1. The number of halogens is 1. The van der Waals surface area contributed by atoms with E-state index < -0.39 is 10.0 Å². The zero-order valence-corrected chi connectivity index (χ0v) is 17.1. The number of rotatable bonds is 7. The van der Waals surface area contributed by atoms with Crippen molar-refractivity contribution in [2.45, 2.75) is 11.4 Å². The summed E-state index contributed by atoms with van der Waals surface area (Å²) in [4.78, 5) is 0.0580. The lowest BCUT2D eigenvalue weighted by Crippen LogP contribution is -2.14. The third-order valence-corrected chi connectivity index (χ3v) is 5.68. The van der Waals surface area contributed by atoms with Gasteiger partial charge in [0.05, 0.1) is 25.7 Å². The predicted molar refractivity (Wildman–Crippen MR) is 106 cm³/mol. The van der Waals surface area contributed by atoms with Gasteiger partial charge in [0.15, 0.2) is 17.3 Å². The van der Waals surface area contributed by atoms with Crippen LogP contribution < -0.4 is 14.2 Å². The first-order valence-corrected chi connectivity index (χ1v) is 10.2. The molecule has 0 spiro atoms. The SMILES string of the molecule is COc1ccc(S(=O)(=O)Nc2ccn(Cc3ccc(Br)cc3)n2)cc1OC. The summed E-state index contributed by atoms with van der Waals surface area (Å²) < 4.78 is 40.6. The number of aromatic nitrogens is 2. The van der Waals surface area contributed by atoms with Gasteiger partial charge in [0, 0.05) is 22.8 Å². The quantitative estimate of drug-likeness (QED) is 0.594. The number of benzene rings is 2. The van der Waals surface area contributed by atoms with Crippen LogP contribution in [0.15, 0.2) is 64.1 Å². The van der Waals surface area contributed by atoms with E-state index in [4.69, 9.17) is 9.47 Å². The maximum absolute atomic E-state index is 12.6. The van der Waals surface area contributed by atoms with E-state index in [1.165, 1.54) is 26.4 Å². The molecule has 2 aromatic carbocycles. The van der Waals surface area contributed by atoms with Gasteiger partial charge in [-0.25, -0.2) is 8.42 Å². The van der Waals surface area contributed by atoms with Gasteiger partial charge in [-0.2, -0.15) is 5.10 Å². The minimum atomic E-state index is -3.80. The number of anilines is 1. The van der Waals surface area contributed by atoms with Gasteiger partial charge in [0.1, 0.15) is 0 Å². The van der Waals surface area contributed by atoms with Gasteiger partial charge >= 0.3 is 0 Å². The van der Waals surface area contributed by atoms with E-state index in [0.717, 1.165) is 10.0 Å². The Labute approximate surface area is 166 Å². The Balaban J connectivity index is 1.76. The van der Waals surface area contributed by atoms with Gasteiger partial charge in [0.2, 0.25) is 0 Å². The van der Waals surface area contributed by atoms with Crippen molar-refractivity contribution in [3.63, 3.8) is 0 Å². The first kappa shape index (κ1) is 19.2. The zero-order chi connectivity index (χ0) is 19.4. The fourth-order valence-corrected chi connectivity index (χ4v) is 3.74. The summed E-state index contributed by atoms with van der Waals surface area (Å²) in [6, 6.07) is 13.8. The smallest absolute Gasteiger partial charge is 0.263 e. The molecule has 0 bridgehead atoms. The number of methoxy groups -OCH3 is 2. The molecule has 27 heavy (non-hydrogen) atoms. The molecule has 0 fully saturated rings. The minimum absolute atomic E-state index is 0.0580. The Morgan fingerprint density at radius 1 is 1.04 bits per heavy atom. The molecule has 0 saturated carbocycles. The second kappa shape index (κ2) is 8.01. The van der Waals surface area contributed by atoms with E-state index in [9.17, 15) is 8.42 Å². The highest BCUT2D eigenvalue weighted by Gasteiger charge is 2.18. The van der Waals surface area contributed by atoms with Crippen LogP contribution in [-0.4, -0.2) is 32.4 Å². The highest BCUT2D eigenvalue weighted by molar-refractivity contribution is 9.10. The molecule has 0 aliphatic heterocycles. The summed E-state index contributed by atoms with van der Waals surface area (Å²) in [6.07, 6.45) is 1.72. The van der Waals surface area contributed by atoms with Gasteiger partial charge in [-0.05, 0) is 29.8 Å². The van der Waals surface area contributed by atoms with Crippen LogP contribution in [0.5, 0.6) is 11.5 Å². The standard InChI is InChI=1S/C18H18BrN3O4S/c1-25-16-8-7-15(11-17(16)26-2)27(23,24)21-18-9-10-22(20-18)12-13-3-5-14(19)6-4-13/h3-11H,12H2,1-2H3,(H,20,21). The van der Waals surface area contributed by atoms with Crippen LogP contribution in [0.3, 0.4) is 0 Å². The molecular formula is C18H18BrN3O4S. The number of hydrogen-bond acceptors (Lipinski definition) is 5. The third kappa shape index (κ3) is 4.61. The molecule has 0 aliphatic rings. The van der Waals surface area contributed by atoms with Crippen LogP contribution in [0.1, 0.15) is 5.56 Å². The van der Waals surface area contributed by atoms with Crippen molar-refractivity contribution in [3.05, 3.63) is 64.8 Å². The summed E-state index contributed by atoms with van der Waals surface area (Å²) >= 11 is 3.39. The maximum atomic E-state index is 12.6. The molecule has 0 amide bonds. The Hall–Kier alpha value is -2.52. The van der Waals surface area contributed by atoms with Crippen LogP contribution in [0.4, 0.5) is 5.82 Å². The van der Waals surface area contributed by atoms with Crippen LogP contribution in [-0.2, 0) is 16.6 Å². The van der Waals surface area contributed by atoms with Crippen LogP contribution in [0.2, 0.25) is 0 Å². The summed E-state index contributed by atoms with van der Waals surface area (Å²) in [5, 5.41) is 4.27. The van der Waals surface area contributed by atoms with Crippen LogP contribution in [0.25, 0.3) is 0 Å². The number of nitrogens with zero attached hydrogens (tertiary/aromatic N) is 2. The predicted octanol–water partition coefficient (Wildman–Crippen LogP) is 3.51. The van der Waals surface area contributed by atoms with Crippen molar-refractivity contribution < 1.29 is 17.9 Å². The average molecular weight is 452 g/mol. The normalized spacial score (nSPS) is 11.2. The van der Waals surface area contributed by atoms with E-state index in [-0.39, 0.29) is 10.7 Å². The molecule has 1 N–H and O–H groups in total. The largest absolute Gasteiger partial charge is 0.493 e. The zero-order valence-electron chi connectivity index (χ0n) is 14.7. The van der Waals surface area contributed by atoms with E-state index in [1.807, 2.05) is 24.3 Å². The molecule has 3 rings (SSSR count). The Bertz CT molecular complexity index is 1030. The number of hydrogen-bond donors (Lipinski definition) is 1. The Morgan fingerprint density at radius 3 is 2.41 bits per heavy atom. The molecule has 0 atom stereocenters. The lowest BCUT2D eigenvalue weighted by atomic mass is 10.2. The highest BCUT2D eigenvalue weighted by Crippen LogP contribution is 2.30. The van der Waals surface area contributed by atoms with E-state index in [1.54, 1.807) is 23.0 Å². The Morgan fingerprint density at radius 2 is 1.74 bits per heavy atom. The van der Waals surface area contributed by atoms with Crippen molar-refractivity contribution in [1.82, 2.24) is 9.78 Å². The third-order valence-electron chi connectivity index (χ3n) is 3.80. The molecular weight excluding hydrogens is 434 g/mol. The monoisotopic (exact) mass is 451 g/mol. The Kier molecular flexibility index (Phi) is 5.71. The average Bonchev–Trinajstić information content (AvgIpc) is 3.09. The molecule has 0 aliphatic carbocycles. The van der Waals surface area contributed by atoms with Gasteiger partial charge in [-0.1, -0.05) is 28.1 Å². The highest BCUT2D eigenvalue weighted by atomic mass is 79.9. The molecule has 1 heterocycles. The van der Waals surface area contributed by atoms with Gasteiger partial charge < -0.3 is 9.47 Å². The fraction of sp³-hybridized carbons (Fsp3) is 0.167. The molecule has 0 saturated heterocycles. The molecule has 7 nitrogen and oxygen atoms in total. The minimum Gasteiger partial charge on any atom is -0.493 e. The molecule has 0 radical (unpaired) electrons. The topological polar surface area (TPSA) is 82.5 Å². The van der Waals surface area contributed by atoms with Gasteiger partial charge in [-0.15, -0.1) is 0 Å². The molecule has 9 heteroatoms. The second-order valence-corrected chi connectivity index (χ2v) is 8.25. The lowest BCUT2D eigenvalue weighted by Gasteiger charge is -2.10. The van der Waals surface area contributed by atoms with Gasteiger partial charge in [-0.3, -0.25) is 9.40 Å². The summed E-state index contributed by atoms with van der Waals surface area (Å²) in [5.41, 5.74) is 1.05. The first-order chi connectivity index (χ1) is 12.9. The number of ether oxygens (including phenoxy) is 2. The molecule has 142 valence electrons. The fourth-order valence-electron chi connectivity index (χ4n) is 2.46. The van der Waals surface area contributed by atoms with Crippen LogP contribution >= 0.6 is 15.9 Å². The van der Waals surface area contributed by atoms with Crippen molar-refractivity contribution >= 4 is 31.8 Å². The van der Waals surface area contributed by atoms with Crippen molar-refractivity contribution in [3.8, 4) is 11.5 Å². The first-order valence-electron chi connectivity index (χ1n) is 7.94. The van der Waals surface area contributed by atoms with E-state index >= 15 is 0 Å².